The smallest absolute Gasteiger partial charge is 0.237 e. The Morgan fingerprint density at radius 1 is 1.07 bits per heavy atom. The zero-order valence-electron chi connectivity index (χ0n) is 16.4. The van der Waals surface area contributed by atoms with E-state index in [1.54, 1.807) is 21.1 Å². The molecule has 2 aliphatic rings. The zero-order valence-corrected chi connectivity index (χ0v) is 16.4. The Kier molecular flexibility index (Phi) is 6.21. The second-order valence-corrected chi connectivity index (χ2v) is 7.14. The first-order chi connectivity index (χ1) is 13.0. The number of carbonyl (C=O) groups is 2. The van der Waals surface area contributed by atoms with Gasteiger partial charge in [0.15, 0.2) is 0 Å². The average Bonchev–Trinajstić information content (AvgIpc) is 3.17. The van der Waals surface area contributed by atoms with E-state index in [2.05, 4.69) is 4.90 Å². The van der Waals surface area contributed by atoms with Crippen molar-refractivity contribution in [3.8, 4) is 11.5 Å². The van der Waals surface area contributed by atoms with E-state index in [0.717, 1.165) is 49.5 Å². The van der Waals surface area contributed by atoms with E-state index in [9.17, 15) is 9.59 Å². The lowest BCUT2D eigenvalue weighted by Gasteiger charge is -2.35. The zero-order chi connectivity index (χ0) is 19.4. The predicted molar refractivity (Wildman–Crippen MR) is 102 cm³/mol. The highest BCUT2D eigenvalue weighted by Crippen LogP contribution is 2.38. The van der Waals surface area contributed by atoms with Crippen molar-refractivity contribution in [3.05, 3.63) is 23.8 Å². The Morgan fingerprint density at radius 3 is 2.44 bits per heavy atom. The third kappa shape index (κ3) is 4.35. The molecule has 0 radical (unpaired) electrons. The van der Waals surface area contributed by atoms with E-state index in [1.165, 1.54) is 0 Å². The Hall–Kier alpha value is -2.28. The lowest BCUT2D eigenvalue weighted by molar-refractivity contribution is -0.134. The van der Waals surface area contributed by atoms with Crippen molar-refractivity contribution in [3.63, 3.8) is 0 Å². The van der Waals surface area contributed by atoms with Crippen LogP contribution in [0.5, 0.6) is 11.5 Å². The molecule has 27 heavy (non-hydrogen) atoms. The molecule has 148 valence electrons. The lowest BCUT2D eigenvalue weighted by atomic mass is 10.0. The van der Waals surface area contributed by atoms with Crippen molar-refractivity contribution in [2.45, 2.75) is 25.8 Å². The van der Waals surface area contributed by atoms with Gasteiger partial charge in [-0.1, -0.05) is 0 Å². The van der Waals surface area contributed by atoms with Gasteiger partial charge in [0.25, 0.3) is 0 Å². The maximum atomic E-state index is 13.0. The van der Waals surface area contributed by atoms with E-state index in [0.29, 0.717) is 19.6 Å². The molecular weight excluding hydrogens is 346 g/mol. The average molecular weight is 375 g/mol. The van der Waals surface area contributed by atoms with Gasteiger partial charge in [-0.15, -0.1) is 0 Å². The molecule has 2 fully saturated rings. The van der Waals surface area contributed by atoms with Crippen molar-refractivity contribution in [2.75, 3.05) is 53.5 Å². The summed E-state index contributed by atoms with van der Waals surface area (Å²) < 4.78 is 10.9. The molecule has 1 aromatic carbocycles. The first kappa shape index (κ1) is 19.5. The van der Waals surface area contributed by atoms with Crippen LogP contribution >= 0.6 is 0 Å². The number of methoxy groups -OCH3 is 2. The fourth-order valence-electron chi connectivity index (χ4n) is 3.99. The minimum Gasteiger partial charge on any atom is -0.497 e. The summed E-state index contributed by atoms with van der Waals surface area (Å²) in [7, 11) is 3.30. The molecule has 0 aliphatic carbocycles. The van der Waals surface area contributed by atoms with E-state index in [1.807, 2.05) is 28.0 Å². The molecule has 1 aromatic rings. The highest BCUT2D eigenvalue weighted by molar-refractivity contribution is 5.79. The van der Waals surface area contributed by atoms with Crippen LogP contribution in [0.25, 0.3) is 0 Å². The summed E-state index contributed by atoms with van der Waals surface area (Å²) in [5.74, 6) is 1.80. The van der Waals surface area contributed by atoms with Crippen LogP contribution in [0, 0.1) is 0 Å². The molecule has 0 N–H and O–H groups in total. The summed E-state index contributed by atoms with van der Waals surface area (Å²) in [5.41, 5.74) is 1.00. The van der Waals surface area contributed by atoms with Gasteiger partial charge in [0.05, 0.1) is 26.8 Å². The number of carbonyl (C=O) groups excluding carboxylic acids is 2. The predicted octanol–water partition coefficient (Wildman–Crippen LogP) is 1.53. The number of amides is 2. The summed E-state index contributed by atoms with van der Waals surface area (Å²) in [6.45, 7) is 5.62. The molecule has 0 aromatic heterocycles. The summed E-state index contributed by atoms with van der Waals surface area (Å²) in [5, 5.41) is 0. The number of piperazine rings is 1. The molecule has 7 nitrogen and oxygen atoms in total. The van der Waals surface area contributed by atoms with Crippen molar-refractivity contribution in [1.82, 2.24) is 14.7 Å². The number of likely N-dealkylation sites (tertiary alicyclic amines) is 1. The van der Waals surface area contributed by atoms with Crippen molar-refractivity contribution < 1.29 is 19.1 Å². The van der Waals surface area contributed by atoms with Gasteiger partial charge in [0, 0.05) is 45.2 Å². The molecule has 2 amide bonds. The quantitative estimate of drug-likeness (QED) is 0.781. The molecule has 0 saturated carbocycles. The normalized spacial score (nSPS) is 20.6. The molecule has 3 rings (SSSR count). The highest BCUT2D eigenvalue weighted by atomic mass is 16.5. The van der Waals surface area contributed by atoms with Crippen LogP contribution in [-0.4, -0.2) is 80.0 Å². The summed E-state index contributed by atoms with van der Waals surface area (Å²) in [4.78, 5) is 30.4. The first-order valence-electron chi connectivity index (χ1n) is 9.52. The van der Waals surface area contributed by atoms with E-state index < -0.39 is 0 Å². The minimum atomic E-state index is 0.0149. The SMILES string of the molecule is COc1ccc(OC)c([C@H]2CCCN2C(=O)CN2CCN(C(C)=O)CC2)c1. The number of rotatable bonds is 5. The van der Waals surface area contributed by atoms with Crippen LogP contribution in [-0.2, 0) is 9.59 Å². The van der Waals surface area contributed by atoms with Gasteiger partial charge in [-0.3, -0.25) is 14.5 Å². The molecule has 2 heterocycles. The van der Waals surface area contributed by atoms with Gasteiger partial charge in [0.1, 0.15) is 11.5 Å². The topological polar surface area (TPSA) is 62.3 Å². The van der Waals surface area contributed by atoms with E-state index in [4.69, 9.17) is 9.47 Å². The Morgan fingerprint density at radius 2 is 1.81 bits per heavy atom. The number of benzene rings is 1. The van der Waals surface area contributed by atoms with Crippen LogP contribution in [0.3, 0.4) is 0 Å². The maximum absolute atomic E-state index is 13.0. The van der Waals surface area contributed by atoms with Crippen LogP contribution in [0.15, 0.2) is 18.2 Å². The monoisotopic (exact) mass is 375 g/mol. The minimum absolute atomic E-state index is 0.0149. The van der Waals surface area contributed by atoms with Gasteiger partial charge in [-0.05, 0) is 31.0 Å². The van der Waals surface area contributed by atoms with Crippen molar-refractivity contribution in [2.24, 2.45) is 0 Å². The third-order valence-corrected chi connectivity index (χ3v) is 5.55. The van der Waals surface area contributed by atoms with Crippen molar-refractivity contribution >= 4 is 11.8 Å². The second kappa shape index (κ2) is 8.61. The largest absolute Gasteiger partial charge is 0.497 e. The molecule has 1 atom stereocenters. The van der Waals surface area contributed by atoms with Gasteiger partial charge >= 0.3 is 0 Å². The van der Waals surface area contributed by atoms with Gasteiger partial charge < -0.3 is 19.3 Å². The molecule has 2 saturated heterocycles. The fraction of sp³-hybridized carbons (Fsp3) is 0.600. The molecule has 0 bridgehead atoms. The highest BCUT2D eigenvalue weighted by Gasteiger charge is 2.33. The number of ether oxygens (including phenoxy) is 2. The molecular formula is C20H29N3O4. The number of hydrogen-bond donors (Lipinski definition) is 0. The van der Waals surface area contributed by atoms with Crippen LogP contribution in [0.1, 0.15) is 31.4 Å². The van der Waals surface area contributed by atoms with E-state index in [-0.39, 0.29) is 17.9 Å². The number of hydrogen-bond acceptors (Lipinski definition) is 5. The lowest BCUT2D eigenvalue weighted by Crippen LogP contribution is -2.51. The standard InChI is InChI=1S/C20H29N3O4/c1-15(24)22-11-9-21(10-12-22)14-20(25)23-8-4-5-18(23)17-13-16(26-2)6-7-19(17)27-3/h6-7,13,18H,4-5,8-12,14H2,1-3H3/t18-/m1/s1. The first-order valence-corrected chi connectivity index (χ1v) is 9.52. The summed E-state index contributed by atoms with van der Waals surface area (Å²) in [6, 6.07) is 5.76. The summed E-state index contributed by atoms with van der Waals surface area (Å²) in [6.07, 6.45) is 1.91. The summed E-state index contributed by atoms with van der Waals surface area (Å²) >= 11 is 0. The van der Waals surface area contributed by atoms with Crippen LogP contribution in [0.4, 0.5) is 0 Å². The second-order valence-electron chi connectivity index (χ2n) is 7.14. The fourth-order valence-corrected chi connectivity index (χ4v) is 3.99. The van der Waals surface area contributed by atoms with Crippen LogP contribution < -0.4 is 9.47 Å². The van der Waals surface area contributed by atoms with E-state index >= 15 is 0 Å². The Bertz CT molecular complexity index is 686. The molecule has 0 unspecified atom stereocenters. The molecule has 0 spiro atoms. The third-order valence-electron chi connectivity index (χ3n) is 5.55. The number of nitrogens with zero attached hydrogens (tertiary/aromatic N) is 3. The molecule has 2 aliphatic heterocycles. The molecule has 7 heteroatoms. The van der Waals surface area contributed by atoms with Crippen molar-refractivity contribution in [1.29, 1.82) is 0 Å². The van der Waals surface area contributed by atoms with Gasteiger partial charge in [-0.25, -0.2) is 0 Å². The Balaban J connectivity index is 1.68. The van der Waals surface area contributed by atoms with Crippen LogP contribution in [0.2, 0.25) is 0 Å². The van der Waals surface area contributed by atoms with Gasteiger partial charge in [0.2, 0.25) is 11.8 Å². The van der Waals surface area contributed by atoms with Gasteiger partial charge in [-0.2, -0.15) is 0 Å². The Labute approximate surface area is 160 Å². The maximum Gasteiger partial charge on any atom is 0.237 e.